The van der Waals surface area contributed by atoms with Crippen molar-refractivity contribution in [2.75, 3.05) is 22.9 Å². The lowest BCUT2D eigenvalue weighted by Gasteiger charge is -2.18. The molecule has 1 amide bonds. The molecule has 0 bridgehead atoms. The third-order valence-electron chi connectivity index (χ3n) is 3.18. The van der Waals surface area contributed by atoms with E-state index in [0.717, 1.165) is 6.26 Å². The molecule has 2 aromatic carbocycles. The average molecular weight is 336 g/mol. The van der Waals surface area contributed by atoms with Gasteiger partial charge >= 0.3 is 0 Å². The van der Waals surface area contributed by atoms with Gasteiger partial charge < -0.3 is 4.90 Å². The number of likely N-dealkylation sites (N-methyl/N-ethyl adjacent to an activating group) is 1. The maximum atomic E-state index is 13.1. The summed E-state index contributed by atoms with van der Waals surface area (Å²) < 4.78 is 37.8. The van der Waals surface area contributed by atoms with E-state index >= 15 is 0 Å². The molecule has 0 aliphatic heterocycles. The van der Waals surface area contributed by atoms with Crippen LogP contribution in [0.1, 0.15) is 5.56 Å². The molecule has 7 heteroatoms. The molecule has 0 radical (unpaired) electrons. The van der Waals surface area contributed by atoms with Crippen LogP contribution >= 0.6 is 0 Å². The Balaban J connectivity index is 2.07. The van der Waals surface area contributed by atoms with E-state index < -0.39 is 10.0 Å². The normalized spacial score (nSPS) is 11.1. The predicted octanol–water partition coefficient (Wildman–Crippen LogP) is 2.40. The highest BCUT2D eigenvalue weighted by atomic mass is 32.2. The topological polar surface area (TPSA) is 66.5 Å². The summed E-state index contributed by atoms with van der Waals surface area (Å²) >= 11 is 0. The first-order valence-electron chi connectivity index (χ1n) is 6.83. The number of rotatable bonds is 5. The number of nitrogens with zero attached hydrogens (tertiary/aromatic N) is 1. The van der Waals surface area contributed by atoms with Gasteiger partial charge in [0, 0.05) is 18.4 Å². The van der Waals surface area contributed by atoms with Gasteiger partial charge in [0.1, 0.15) is 5.82 Å². The molecule has 2 aromatic rings. The van der Waals surface area contributed by atoms with Gasteiger partial charge in [0.05, 0.1) is 12.7 Å². The Morgan fingerprint density at radius 2 is 1.83 bits per heavy atom. The zero-order valence-electron chi connectivity index (χ0n) is 12.8. The number of amides is 1. The van der Waals surface area contributed by atoms with E-state index in [4.69, 9.17) is 0 Å². The molecule has 0 aromatic heterocycles. The van der Waals surface area contributed by atoms with Crippen molar-refractivity contribution in [1.29, 1.82) is 0 Å². The van der Waals surface area contributed by atoms with Crippen molar-refractivity contribution in [3.05, 3.63) is 59.9 Å². The van der Waals surface area contributed by atoms with Crippen molar-refractivity contribution in [2.24, 2.45) is 0 Å². The molecule has 0 fully saturated rings. The first-order chi connectivity index (χ1) is 10.7. The van der Waals surface area contributed by atoms with Crippen molar-refractivity contribution >= 4 is 27.3 Å². The summed E-state index contributed by atoms with van der Waals surface area (Å²) in [5, 5.41) is 0. The predicted molar refractivity (Wildman–Crippen MR) is 88.4 cm³/mol. The van der Waals surface area contributed by atoms with Crippen molar-refractivity contribution in [1.82, 2.24) is 0 Å². The molecule has 0 saturated heterocycles. The molecule has 0 saturated carbocycles. The van der Waals surface area contributed by atoms with Gasteiger partial charge in [-0.3, -0.25) is 9.52 Å². The van der Waals surface area contributed by atoms with Crippen molar-refractivity contribution in [2.45, 2.75) is 6.42 Å². The molecule has 0 atom stereocenters. The molecule has 23 heavy (non-hydrogen) atoms. The van der Waals surface area contributed by atoms with Gasteiger partial charge in [-0.25, -0.2) is 12.8 Å². The van der Waals surface area contributed by atoms with Crippen LogP contribution in [0, 0.1) is 5.82 Å². The zero-order chi connectivity index (χ0) is 17.0. The number of benzene rings is 2. The molecule has 0 spiro atoms. The highest BCUT2D eigenvalue weighted by Gasteiger charge is 2.12. The van der Waals surface area contributed by atoms with Gasteiger partial charge in [-0.05, 0) is 42.0 Å². The second-order valence-electron chi connectivity index (χ2n) is 5.18. The molecule has 0 aliphatic rings. The molecular formula is C16H17FN2O3S. The van der Waals surface area contributed by atoms with Crippen molar-refractivity contribution in [3.8, 4) is 0 Å². The van der Waals surface area contributed by atoms with Crippen LogP contribution in [0.4, 0.5) is 15.8 Å². The average Bonchev–Trinajstić information content (AvgIpc) is 2.45. The summed E-state index contributed by atoms with van der Waals surface area (Å²) in [6.45, 7) is 0. The fraction of sp³-hybridized carbons (Fsp3) is 0.188. The lowest BCUT2D eigenvalue weighted by atomic mass is 10.1. The van der Waals surface area contributed by atoms with Gasteiger partial charge in [0.15, 0.2) is 0 Å². The Hall–Kier alpha value is -2.41. The van der Waals surface area contributed by atoms with Crippen LogP contribution in [0.25, 0.3) is 0 Å². The van der Waals surface area contributed by atoms with Gasteiger partial charge in [-0.15, -0.1) is 0 Å². The third kappa shape index (κ3) is 5.07. The minimum Gasteiger partial charge on any atom is -0.315 e. The minimum atomic E-state index is -3.34. The van der Waals surface area contributed by atoms with Crippen molar-refractivity contribution in [3.63, 3.8) is 0 Å². The summed E-state index contributed by atoms with van der Waals surface area (Å²) in [6, 6.07) is 12.3. The minimum absolute atomic E-state index is 0.0810. The summed E-state index contributed by atoms with van der Waals surface area (Å²) in [5.74, 6) is -0.575. The Morgan fingerprint density at radius 3 is 2.39 bits per heavy atom. The number of sulfonamides is 1. The first kappa shape index (κ1) is 17.0. The lowest BCUT2D eigenvalue weighted by molar-refractivity contribution is -0.117. The molecular weight excluding hydrogens is 319 g/mol. The standard InChI is InChI=1S/C16H17FN2O3S/c1-19(16(20)11-12-4-3-5-13(17)10-12)15-8-6-14(7-9-15)18-23(2,21)22/h3-10,18H,11H2,1-2H3. The Labute approximate surface area is 134 Å². The molecule has 0 aliphatic carbocycles. The number of nitrogens with one attached hydrogen (secondary N) is 1. The fourth-order valence-corrected chi connectivity index (χ4v) is 2.62. The van der Waals surface area contributed by atoms with Crippen LogP contribution in [0.3, 0.4) is 0 Å². The van der Waals surface area contributed by atoms with Crippen LogP contribution in [0.2, 0.25) is 0 Å². The second-order valence-corrected chi connectivity index (χ2v) is 6.93. The van der Waals surface area contributed by atoms with Crippen LogP contribution in [0.15, 0.2) is 48.5 Å². The monoisotopic (exact) mass is 336 g/mol. The van der Waals surface area contributed by atoms with E-state index in [9.17, 15) is 17.6 Å². The van der Waals surface area contributed by atoms with Gasteiger partial charge in [0.25, 0.3) is 0 Å². The fourth-order valence-electron chi connectivity index (χ4n) is 2.05. The van der Waals surface area contributed by atoms with Gasteiger partial charge in [-0.2, -0.15) is 0 Å². The Kier molecular flexibility index (Phi) is 5.00. The van der Waals surface area contributed by atoms with Crippen LogP contribution in [-0.4, -0.2) is 27.6 Å². The summed E-state index contributed by atoms with van der Waals surface area (Å²) in [5.41, 5.74) is 1.63. The molecule has 122 valence electrons. The van der Waals surface area contributed by atoms with Gasteiger partial charge in [-0.1, -0.05) is 12.1 Å². The number of hydrogen-bond donors (Lipinski definition) is 1. The van der Waals surface area contributed by atoms with E-state index in [2.05, 4.69) is 4.72 Å². The number of anilines is 2. The number of carbonyl (C=O) groups is 1. The van der Waals surface area contributed by atoms with E-state index in [0.29, 0.717) is 16.9 Å². The highest BCUT2D eigenvalue weighted by molar-refractivity contribution is 7.92. The quantitative estimate of drug-likeness (QED) is 0.912. The summed E-state index contributed by atoms with van der Waals surface area (Å²) in [4.78, 5) is 13.7. The number of halogens is 1. The lowest BCUT2D eigenvalue weighted by Crippen LogP contribution is -2.27. The number of hydrogen-bond acceptors (Lipinski definition) is 3. The summed E-state index contributed by atoms with van der Waals surface area (Å²) in [7, 11) is -1.73. The molecule has 5 nitrogen and oxygen atoms in total. The van der Waals surface area contributed by atoms with Crippen LogP contribution in [-0.2, 0) is 21.2 Å². The first-order valence-corrected chi connectivity index (χ1v) is 8.72. The molecule has 0 heterocycles. The summed E-state index contributed by atoms with van der Waals surface area (Å²) in [6.07, 6.45) is 1.15. The Morgan fingerprint density at radius 1 is 1.17 bits per heavy atom. The van der Waals surface area contributed by atoms with E-state index in [1.54, 1.807) is 43.4 Å². The molecule has 0 unspecified atom stereocenters. The molecule has 2 rings (SSSR count). The smallest absolute Gasteiger partial charge is 0.231 e. The maximum absolute atomic E-state index is 13.1. The van der Waals surface area contributed by atoms with E-state index in [1.165, 1.54) is 17.0 Å². The largest absolute Gasteiger partial charge is 0.315 e. The highest BCUT2D eigenvalue weighted by Crippen LogP contribution is 2.18. The van der Waals surface area contributed by atoms with Crippen molar-refractivity contribution < 1.29 is 17.6 Å². The van der Waals surface area contributed by atoms with Crippen LogP contribution < -0.4 is 9.62 Å². The molecule has 1 N–H and O–H groups in total. The van der Waals surface area contributed by atoms with Gasteiger partial charge in [0.2, 0.25) is 15.9 Å². The maximum Gasteiger partial charge on any atom is 0.231 e. The zero-order valence-corrected chi connectivity index (χ0v) is 13.6. The SMILES string of the molecule is CN(C(=O)Cc1cccc(F)c1)c1ccc(NS(C)(=O)=O)cc1. The van der Waals surface area contributed by atoms with E-state index in [1.807, 2.05) is 0 Å². The third-order valence-corrected chi connectivity index (χ3v) is 3.78. The number of carbonyl (C=O) groups excluding carboxylic acids is 1. The van der Waals surface area contributed by atoms with E-state index in [-0.39, 0.29) is 18.1 Å². The van der Waals surface area contributed by atoms with Crippen LogP contribution in [0.5, 0.6) is 0 Å². The second kappa shape index (κ2) is 6.78. The Bertz CT molecular complexity index is 804.